The van der Waals surface area contributed by atoms with Gasteiger partial charge in [-0.25, -0.2) is 9.97 Å². The molecule has 1 fully saturated rings. The smallest absolute Gasteiger partial charge is 0.159 e. The van der Waals surface area contributed by atoms with Crippen molar-refractivity contribution in [3.8, 4) is 0 Å². The van der Waals surface area contributed by atoms with Crippen LogP contribution in [0.4, 0.5) is 23.0 Å². The Morgan fingerprint density at radius 2 is 1.71 bits per heavy atom. The second-order valence-electron chi connectivity index (χ2n) is 6.38. The molecule has 1 saturated heterocycles. The van der Waals surface area contributed by atoms with E-state index in [0.29, 0.717) is 11.5 Å². The summed E-state index contributed by atoms with van der Waals surface area (Å²) >= 11 is 0. The lowest BCUT2D eigenvalue weighted by atomic mass is 10.1. The number of piperazine rings is 1. The third-order valence-corrected chi connectivity index (χ3v) is 4.47. The Morgan fingerprint density at radius 1 is 1.04 bits per heavy atom. The number of benzene rings is 1. The Labute approximate surface area is 143 Å². The summed E-state index contributed by atoms with van der Waals surface area (Å²) < 4.78 is 0. The topological polar surface area (TPSA) is 70.3 Å². The van der Waals surface area contributed by atoms with E-state index in [0.717, 1.165) is 44.2 Å². The van der Waals surface area contributed by atoms with Crippen LogP contribution < -0.4 is 16.0 Å². The highest BCUT2D eigenvalue weighted by molar-refractivity contribution is 5.78. The third-order valence-electron chi connectivity index (χ3n) is 4.47. The summed E-state index contributed by atoms with van der Waals surface area (Å²) in [7, 11) is 0. The highest BCUT2D eigenvalue weighted by atomic mass is 15.3. The molecule has 2 aromatic rings. The molecular weight excluding hydrogens is 300 g/mol. The number of rotatable bonds is 4. The summed E-state index contributed by atoms with van der Waals surface area (Å²) in [5.74, 6) is 1.50. The van der Waals surface area contributed by atoms with Crippen LogP contribution >= 0.6 is 0 Å². The van der Waals surface area contributed by atoms with Gasteiger partial charge in [0.05, 0.1) is 0 Å². The SMILES string of the molecule is CCN1CCN(c2ncnc(Nc3cc(C)cc(C)c3)c2N)CC1. The first-order chi connectivity index (χ1) is 11.6. The van der Waals surface area contributed by atoms with Gasteiger partial charge in [0.1, 0.15) is 12.0 Å². The van der Waals surface area contributed by atoms with Gasteiger partial charge < -0.3 is 20.9 Å². The summed E-state index contributed by atoms with van der Waals surface area (Å²) in [6, 6.07) is 6.33. The molecule has 0 bridgehead atoms. The van der Waals surface area contributed by atoms with Crippen molar-refractivity contribution in [1.82, 2.24) is 14.9 Å². The molecule has 6 nitrogen and oxygen atoms in total. The van der Waals surface area contributed by atoms with E-state index in [2.05, 4.69) is 64.1 Å². The highest BCUT2D eigenvalue weighted by Gasteiger charge is 2.20. The number of nitrogen functional groups attached to an aromatic ring is 1. The van der Waals surface area contributed by atoms with Gasteiger partial charge in [-0.15, -0.1) is 0 Å². The Balaban J connectivity index is 1.81. The van der Waals surface area contributed by atoms with Gasteiger partial charge in [0.15, 0.2) is 11.6 Å². The minimum absolute atomic E-state index is 0.613. The van der Waals surface area contributed by atoms with Crippen molar-refractivity contribution in [2.75, 3.05) is 48.7 Å². The molecule has 1 aromatic carbocycles. The molecule has 0 radical (unpaired) electrons. The zero-order valence-corrected chi connectivity index (χ0v) is 14.7. The van der Waals surface area contributed by atoms with Crippen LogP contribution in [-0.4, -0.2) is 47.6 Å². The molecule has 3 rings (SSSR count). The molecule has 2 heterocycles. The van der Waals surface area contributed by atoms with Gasteiger partial charge in [-0.05, 0) is 43.7 Å². The van der Waals surface area contributed by atoms with Crippen LogP contribution in [0.5, 0.6) is 0 Å². The normalized spacial score (nSPS) is 15.5. The van der Waals surface area contributed by atoms with Crippen LogP contribution in [0.25, 0.3) is 0 Å². The van der Waals surface area contributed by atoms with Crippen LogP contribution in [0.3, 0.4) is 0 Å². The van der Waals surface area contributed by atoms with Gasteiger partial charge in [0.25, 0.3) is 0 Å². The first-order valence-corrected chi connectivity index (χ1v) is 8.50. The number of hydrogen-bond donors (Lipinski definition) is 2. The number of anilines is 4. The fraction of sp³-hybridized carbons (Fsp3) is 0.444. The summed E-state index contributed by atoms with van der Waals surface area (Å²) in [5, 5.41) is 3.34. The Morgan fingerprint density at radius 3 is 2.33 bits per heavy atom. The van der Waals surface area contributed by atoms with Gasteiger partial charge in [-0.1, -0.05) is 13.0 Å². The molecule has 24 heavy (non-hydrogen) atoms. The number of nitrogens with zero attached hydrogens (tertiary/aromatic N) is 4. The molecule has 6 heteroatoms. The molecule has 0 unspecified atom stereocenters. The van der Waals surface area contributed by atoms with Gasteiger partial charge >= 0.3 is 0 Å². The summed E-state index contributed by atoms with van der Waals surface area (Å²) in [6.07, 6.45) is 1.59. The van der Waals surface area contributed by atoms with Crippen molar-refractivity contribution in [3.63, 3.8) is 0 Å². The van der Waals surface area contributed by atoms with E-state index in [-0.39, 0.29) is 0 Å². The van der Waals surface area contributed by atoms with Crippen molar-refractivity contribution in [1.29, 1.82) is 0 Å². The van der Waals surface area contributed by atoms with E-state index in [1.165, 1.54) is 11.1 Å². The van der Waals surface area contributed by atoms with Crippen molar-refractivity contribution < 1.29 is 0 Å². The molecule has 0 spiro atoms. The van der Waals surface area contributed by atoms with E-state index in [4.69, 9.17) is 5.73 Å². The number of hydrogen-bond acceptors (Lipinski definition) is 6. The maximum absolute atomic E-state index is 6.36. The molecule has 128 valence electrons. The number of aromatic nitrogens is 2. The van der Waals surface area contributed by atoms with Gasteiger partial charge in [0, 0.05) is 31.9 Å². The van der Waals surface area contributed by atoms with Crippen LogP contribution in [0.2, 0.25) is 0 Å². The third kappa shape index (κ3) is 3.59. The average molecular weight is 326 g/mol. The quantitative estimate of drug-likeness (QED) is 0.900. The monoisotopic (exact) mass is 326 g/mol. The molecular formula is C18H26N6. The Bertz CT molecular complexity index is 686. The molecule has 1 aliphatic heterocycles. The number of nitrogens with two attached hydrogens (primary N) is 1. The van der Waals surface area contributed by atoms with E-state index in [1.54, 1.807) is 6.33 Å². The maximum Gasteiger partial charge on any atom is 0.159 e. The lowest BCUT2D eigenvalue weighted by molar-refractivity contribution is 0.270. The average Bonchev–Trinajstić information content (AvgIpc) is 2.56. The standard InChI is InChI=1S/C18H26N6/c1-4-23-5-7-24(8-6-23)18-16(19)17(20-12-21-18)22-15-10-13(2)9-14(3)11-15/h9-12H,4-8,19H2,1-3H3,(H,20,21,22). The largest absolute Gasteiger partial charge is 0.393 e. The molecule has 0 amide bonds. The first kappa shape index (κ1) is 16.5. The fourth-order valence-corrected chi connectivity index (χ4v) is 3.20. The van der Waals surface area contributed by atoms with Crippen LogP contribution in [0.15, 0.2) is 24.5 Å². The van der Waals surface area contributed by atoms with Gasteiger partial charge in [-0.2, -0.15) is 0 Å². The van der Waals surface area contributed by atoms with Crippen molar-refractivity contribution in [3.05, 3.63) is 35.7 Å². The van der Waals surface area contributed by atoms with Crippen molar-refractivity contribution >= 4 is 23.0 Å². The highest BCUT2D eigenvalue weighted by Crippen LogP contribution is 2.29. The van der Waals surface area contributed by atoms with E-state index >= 15 is 0 Å². The lowest BCUT2D eigenvalue weighted by Crippen LogP contribution is -2.46. The minimum atomic E-state index is 0.613. The van der Waals surface area contributed by atoms with E-state index in [1.807, 2.05) is 0 Å². The summed E-state index contributed by atoms with van der Waals surface area (Å²) in [4.78, 5) is 13.4. The van der Waals surface area contributed by atoms with Crippen LogP contribution in [0, 0.1) is 13.8 Å². The fourth-order valence-electron chi connectivity index (χ4n) is 3.20. The number of nitrogens with one attached hydrogen (secondary N) is 1. The number of likely N-dealkylation sites (N-methyl/N-ethyl adjacent to an activating group) is 1. The second-order valence-corrected chi connectivity index (χ2v) is 6.38. The molecule has 1 aliphatic rings. The van der Waals surface area contributed by atoms with E-state index in [9.17, 15) is 0 Å². The number of aryl methyl sites for hydroxylation is 2. The molecule has 0 atom stereocenters. The second kappa shape index (κ2) is 7.05. The van der Waals surface area contributed by atoms with Crippen LogP contribution in [0.1, 0.15) is 18.1 Å². The van der Waals surface area contributed by atoms with Crippen molar-refractivity contribution in [2.24, 2.45) is 0 Å². The zero-order valence-electron chi connectivity index (χ0n) is 14.7. The van der Waals surface area contributed by atoms with Crippen LogP contribution in [-0.2, 0) is 0 Å². The lowest BCUT2D eigenvalue weighted by Gasteiger charge is -2.35. The zero-order chi connectivity index (χ0) is 17.1. The molecule has 0 saturated carbocycles. The minimum Gasteiger partial charge on any atom is -0.393 e. The van der Waals surface area contributed by atoms with Gasteiger partial charge in [0.2, 0.25) is 0 Å². The predicted molar refractivity (Wildman–Crippen MR) is 100.0 cm³/mol. The predicted octanol–water partition coefficient (Wildman–Crippen LogP) is 2.56. The van der Waals surface area contributed by atoms with Gasteiger partial charge in [-0.3, -0.25) is 0 Å². The molecule has 1 aromatic heterocycles. The first-order valence-electron chi connectivity index (χ1n) is 8.50. The summed E-state index contributed by atoms with van der Waals surface area (Å²) in [6.45, 7) is 11.4. The molecule has 3 N–H and O–H groups in total. The Kier molecular flexibility index (Phi) is 4.85. The van der Waals surface area contributed by atoms with E-state index < -0.39 is 0 Å². The molecule has 0 aliphatic carbocycles. The maximum atomic E-state index is 6.36. The van der Waals surface area contributed by atoms with Crippen molar-refractivity contribution in [2.45, 2.75) is 20.8 Å². The summed E-state index contributed by atoms with van der Waals surface area (Å²) in [5.41, 5.74) is 10.4. The Hall–Kier alpha value is -2.34.